The summed E-state index contributed by atoms with van der Waals surface area (Å²) < 4.78 is 19.3. The third kappa shape index (κ3) is 2.70. The molecule has 1 aromatic rings. The standard InChI is InChI=1S/C14H18FNO2/c1-10-4-5-11(12(15)8-10)13(17)16-6-7-18-14(2,3)9-16/h4-5,8H,6-7,9H2,1-3H3. The lowest BCUT2D eigenvalue weighted by molar-refractivity contribution is -0.0764. The first kappa shape index (κ1) is 13.0. The van der Waals surface area contributed by atoms with Gasteiger partial charge in [0.05, 0.1) is 17.8 Å². The quantitative estimate of drug-likeness (QED) is 0.767. The lowest BCUT2D eigenvalue weighted by atomic mass is 10.1. The van der Waals surface area contributed by atoms with Crippen LogP contribution in [0.25, 0.3) is 0 Å². The van der Waals surface area contributed by atoms with Gasteiger partial charge in [0.25, 0.3) is 5.91 Å². The van der Waals surface area contributed by atoms with Crippen molar-refractivity contribution in [3.63, 3.8) is 0 Å². The Balaban J connectivity index is 2.20. The summed E-state index contributed by atoms with van der Waals surface area (Å²) in [5.74, 6) is -0.715. The van der Waals surface area contributed by atoms with Crippen LogP contribution in [0.15, 0.2) is 18.2 Å². The lowest BCUT2D eigenvalue weighted by Gasteiger charge is -2.38. The molecule has 1 amide bonds. The van der Waals surface area contributed by atoms with Crippen LogP contribution in [0.4, 0.5) is 4.39 Å². The summed E-state index contributed by atoms with van der Waals surface area (Å²) in [6.45, 7) is 7.14. The van der Waals surface area contributed by atoms with Gasteiger partial charge in [0.2, 0.25) is 0 Å². The SMILES string of the molecule is Cc1ccc(C(=O)N2CCOC(C)(C)C2)c(F)c1. The van der Waals surface area contributed by atoms with E-state index in [0.29, 0.717) is 19.7 Å². The maximum Gasteiger partial charge on any atom is 0.257 e. The van der Waals surface area contributed by atoms with Crippen molar-refractivity contribution >= 4 is 5.91 Å². The van der Waals surface area contributed by atoms with Gasteiger partial charge in [0.15, 0.2) is 0 Å². The Hall–Kier alpha value is -1.42. The molecule has 4 heteroatoms. The molecule has 0 spiro atoms. The maximum absolute atomic E-state index is 13.8. The minimum atomic E-state index is -0.454. The molecule has 1 aromatic carbocycles. The zero-order valence-corrected chi connectivity index (χ0v) is 11.0. The number of rotatable bonds is 1. The molecule has 0 N–H and O–H groups in total. The Kier molecular flexibility index (Phi) is 3.39. The maximum atomic E-state index is 13.8. The minimum Gasteiger partial charge on any atom is -0.372 e. The zero-order chi connectivity index (χ0) is 13.3. The summed E-state index contributed by atoms with van der Waals surface area (Å²) in [7, 11) is 0. The second-order valence-corrected chi connectivity index (χ2v) is 5.32. The molecular weight excluding hydrogens is 233 g/mol. The number of nitrogens with zero attached hydrogens (tertiary/aromatic N) is 1. The topological polar surface area (TPSA) is 29.5 Å². The van der Waals surface area contributed by atoms with E-state index in [1.165, 1.54) is 6.07 Å². The first-order valence-corrected chi connectivity index (χ1v) is 6.08. The normalized spacial score (nSPS) is 18.8. The van der Waals surface area contributed by atoms with Gasteiger partial charge >= 0.3 is 0 Å². The third-order valence-corrected chi connectivity index (χ3v) is 3.07. The van der Waals surface area contributed by atoms with Crippen molar-refractivity contribution < 1.29 is 13.9 Å². The van der Waals surface area contributed by atoms with E-state index in [1.807, 2.05) is 13.8 Å². The van der Waals surface area contributed by atoms with Crippen molar-refractivity contribution in [2.75, 3.05) is 19.7 Å². The second kappa shape index (κ2) is 4.69. The molecule has 1 fully saturated rings. The average Bonchev–Trinajstić information content (AvgIpc) is 2.27. The Morgan fingerprint density at radius 1 is 1.44 bits per heavy atom. The minimum absolute atomic E-state index is 0.137. The van der Waals surface area contributed by atoms with E-state index in [0.717, 1.165) is 5.56 Å². The van der Waals surface area contributed by atoms with Gasteiger partial charge < -0.3 is 9.64 Å². The first-order chi connectivity index (χ1) is 8.39. The highest BCUT2D eigenvalue weighted by atomic mass is 19.1. The molecule has 3 nitrogen and oxygen atoms in total. The molecule has 0 aromatic heterocycles. The number of halogens is 1. The monoisotopic (exact) mass is 251 g/mol. The fourth-order valence-electron chi connectivity index (χ4n) is 2.15. The summed E-state index contributed by atoms with van der Waals surface area (Å²) in [6.07, 6.45) is 0. The van der Waals surface area contributed by atoms with E-state index in [-0.39, 0.29) is 17.1 Å². The van der Waals surface area contributed by atoms with Gasteiger partial charge in [-0.3, -0.25) is 4.79 Å². The van der Waals surface area contributed by atoms with Gasteiger partial charge in [-0.05, 0) is 38.5 Å². The number of aryl methyl sites for hydroxylation is 1. The lowest BCUT2D eigenvalue weighted by Crippen LogP contribution is -2.50. The van der Waals surface area contributed by atoms with Gasteiger partial charge in [-0.2, -0.15) is 0 Å². The molecule has 0 bridgehead atoms. The molecule has 0 atom stereocenters. The average molecular weight is 251 g/mol. The highest BCUT2D eigenvalue weighted by Crippen LogP contribution is 2.20. The smallest absolute Gasteiger partial charge is 0.257 e. The van der Waals surface area contributed by atoms with E-state index in [4.69, 9.17) is 4.74 Å². The predicted octanol–water partition coefficient (Wildman–Crippen LogP) is 2.39. The van der Waals surface area contributed by atoms with Crippen molar-refractivity contribution in [3.8, 4) is 0 Å². The summed E-state index contributed by atoms with van der Waals surface area (Å²) in [4.78, 5) is 13.9. The van der Waals surface area contributed by atoms with Crippen LogP contribution >= 0.6 is 0 Å². The summed E-state index contributed by atoms with van der Waals surface area (Å²) in [5.41, 5.74) is 0.583. The Labute approximate surface area is 107 Å². The number of hydrogen-bond donors (Lipinski definition) is 0. The van der Waals surface area contributed by atoms with Gasteiger partial charge in [0.1, 0.15) is 5.82 Å². The van der Waals surface area contributed by atoms with Crippen LogP contribution in [0, 0.1) is 12.7 Å². The van der Waals surface area contributed by atoms with Gasteiger partial charge in [-0.25, -0.2) is 4.39 Å². The van der Waals surface area contributed by atoms with Crippen LogP contribution in [0.3, 0.4) is 0 Å². The molecule has 0 aliphatic carbocycles. The van der Waals surface area contributed by atoms with E-state index in [2.05, 4.69) is 0 Å². The molecule has 0 saturated carbocycles. The molecule has 1 heterocycles. The summed E-state index contributed by atoms with van der Waals surface area (Å²) in [5, 5.41) is 0. The molecule has 2 rings (SSSR count). The van der Waals surface area contributed by atoms with E-state index < -0.39 is 5.82 Å². The number of carbonyl (C=O) groups excluding carboxylic acids is 1. The van der Waals surface area contributed by atoms with Crippen LogP contribution in [-0.2, 0) is 4.74 Å². The fourth-order valence-corrected chi connectivity index (χ4v) is 2.15. The van der Waals surface area contributed by atoms with E-state index >= 15 is 0 Å². The number of hydrogen-bond acceptors (Lipinski definition) is 2. The highest BCUT2D eigenvalue weighted by Gasteiger charge is 2.31. The Morgan fingerprint density at radius 2 is 2.17 bits per heavy atom. The van der Waals surface area contributed by atoms with Crippen LogP contribution < -0.4 is 0 Å². The van der Waals surface area contributed by atoms with Crippen molar-refractivity contribution in [2.45, 2.75) is 26.4 Å². The number of ether oxygens (including phenoxy) is 1. The molecule has 1 aliphatic rings. The fraction of sp³-hybridized carbons (Fsp3) is 0.500. The van der Waals surface area contributed by atoms with Crippen LogP contribution in [0.2, 0.25) is 0 Å². The molecule has 18 heavy (non-hydrogen) atoms. The molecule has 1 saturated heterocycles. The third-order valence-electron chi connectivity index (χ3n) is 3.07. The predicted molar refractivity (Wildman–Crippen MR) is 67.1 cm³/mol. The number of carbonyl (C=O) groups is 1. The van der Waals surface area contributed by atoms with Gasteiger partial charge in [-0.15, -0.1) is 0 Å². The molecule has 1 aliphatic heterocycles. The molecular formula is C14H18FNO2. The van der Waals surface area contributed by atoms with Crippen molar-refractivity contribution in [2.24, 2.45) is 0 Å². The highest BCUT2D eigenvalue weighted by molar-refractivity contribution is 5.94. The van der Waals surface area contributed by atoms with Crippen LogP contribution in [0.1, 0.15) is 29.8 Å². The zero-order valence-electron chi connectivity index (χ0n) is 11.0. The first-order valence-electron chi connectivity index (χ1n) is 6.08. The number of benzene rings is 1. The van der Waals surface area contributed by atoms with Crippen LogP contribution in [0.5, 0.6) is 0 Å². The molecule has 98 valence electrons. The Morgan fingerprint density at radius 3 is 2.78 bits per heavy atom. The largest absolute Gasteiger partial charge is 0.372 e. The number of morpholine rings is 1. The molecule has 0 unspecified atom stereocenters. The molecule has 0 radical (unpaired) electrons. The summed E-state index contributed by atoms with van der Waals surface area (Å²) in [6, 6.07) is 4.69. The van der Waals surface area contributed by atoms with E-state index in [1.54, 1.807) is 24.0 Å². The second-order valence-electron chi connectivity index (χ2n) is 5.32. The van der Waals surface area contributed by atoms with Crippen molar-refractivity contribution in [1.82, 2.24) is 4.90 Å². The Bertz CT molecular complexity index is 471. The summed E-state index contributed by atoms with van der Waals surface area (Å²) >= 11 is 0. The van der Waals surface area contributed by atoms with Crippen LogP contribution in [-0.4, -0.2) is 36.1 Å². The van der Waals surface area contributed by atoms with Gasteiger partial charge in [-0.1, -0.05) is 6.07 Å². The van der Waals surface area contributed by atoms with Gasteiger partial charge in [0, 0.05) is 13.1 Å². The van der Waals surface area contributed by atoms with Crippen molar-refractivity contribution in [1.29, 1.82) is 0 Å². The van der Waals surface area contributed by atoms with Crippen molar-refractivity contribution in [3.05, 3.63) is 35.1 Å². The number of amides is 1. The van der Waals surface area contributed by atoms with E-state index in [9.17, 15) is 9.18 Å².